The Kier molecular flexibility index (Phi) is 4.30. The molecule has 5 heteroatoms. The highest BCUT2D eigenvalue weighted by Crippen LogP contribution is 2.32. The minimum absolute atomic E-state index is 0.265. The van der Waals surface area contributed by atoms with E-state index in [-0.39, 0.29) is 5.75 Å². The second kappa shape index (κ2) is 6.14. The van der Waals surface area contributed by atoms with E-state index in [4.69, 9.17) is 4.74 Å². The molecule has 0 aliphatic heterocycles. The molecule has 0 saturated carbocycles. The molecule has 0 aliphatic carbocycles. The van der Waals surface area contributed by atoms with E-state index in [2.05, 4.69) is 10.3 Å². The van der Waals surface area contributed by atoms with Crippen molar-refractivity contribution in [1.82, 2.24) is 4.98 Å². The van der Waals surface area contributed by atoms with Crippen molar-refractivity contribution in [1.29, 1.82) is 0 Å². The van der Waals surface area contributed by atoms with Crippen LogP contribution in [0.1, 0.15) is 5.56 Å². The quantitative estimate of drug-likeness (QED) is 0.876. The third kappa shape index (κ3) is 3.12. The van der Waals surface area contributed by atoms with Gasteiger partial charge in [0, 0.05) is 26.8 Å². The molecule has 1 aromatic heterocycles. The Morgan fingerprint density at radius 3 is 2.50 bits per heavy atom. The molecule has 1 aromatic carbocycles. The summed E-state index contributed by atoms with van der Waals surface area (Å²) in [5.74, 6) is 0.830. The zero-order valence-electron chi connectivity index (χ0n) is 11.9. The topological polar surface area (TPSA) is 57.6 Å². The summed E-state index contributed by atoms with van der Waals surface area (Å²) >= 11 is 0. The number of aromatic hydroxyl groups is 1. The first-order chi connectivity index (χ1) is 9.61. The second-order valence-corrected chi connectivity index (χ2v) is 4.63. The highest BCUT2D eigenvalue weighted by molar-refractivity contribution is 5.74. The Bertz CT molecular complexity index is 568. The highest BCUT2D eigenvalue weighted by atomic mass is 16.5. The average Bonchev–Trinajstić information content (AvgIpc) is 2.46. The first-order valence-electron chi connectivity index (χ1n) is 6.34. The molecule has 1 heterocycles. The molecule has 5 nitrogen and oxygen atoms in total. The normalized spacial score (nSPS) is 10.2. The molecule has 0 amide bonds. The number of methoxy groups -OCH3 is 1. The molecule has 0 saturated heterocycles. The van der Waals surface area contributed by atoms with Gasteiger partial charge in [-0.3, -0.25) is 0 Å². The van der Waals surface area contributed by atoms with Crippen LogP contribution in [-0.2, 0) is 6.54 Å². The van der Waals surface area contributed by atoms with Gasteiger partial charge in [-0.15, -0.1) is 0 Å². The van der Waals surface area contributed by atoms with Gasteiger partial charge < -0.3 is 20.1 Å². The summed E-state index contributed by atoms with van der Waals surface area (Å²) in [6.07, 6.45) is 1.72. The summed E-state index contributed by atoms with van der Waals surface area (Å²) in [6.45, 7) is 0.628. The van der Waals surface area contributed by atoms with Crippen LogP contribution in [-0.4, -0.2) is 31.3 Å². The molecular weight excluding hydrogens is 254 g/mol. The number of anilines is 2. The summed E-state index contributed by atoms with van der Waals surface area (Å²) in [4.78, 5) is 6.22. The van der Waals surface area contributed by atoms with Gasteiger partial charge in [0.25, 0.3) is 0 Å². The van der Waals surface area contributed by atoms with Crippen LogP contribution in [0.15, 0.2) is 36.5 Å². The Balaban J connectivity index is 2.21. The van der Waals surface area contributed by atoms with Gasteiger partial charge in [0.05, 0.1) is 12.8 Å². The van der Waals surface area contributed by atoms with E-state index in [0.29, 0.717) is 12.4 Å². The highest BCUT2D eigenvalue weighted by Gasteiger charge is 2.11. The van der Waals surface area contributed by atoms with Crippen LogP contribution in [0, 0.1) is 0 Å². The third-order valence-electron chi connectivity index (χ3n) is 2.97. The van der Waals surface area contributed by atoms with Gasteiger partial charge in [-0.2, -0.15) is 0 Å². The number of hydrogen-bond acceptors (Lipinski definition) is 5. The summed E-state index contributed by atoms with van der Waals surface area (Å²) in [5.41, 5.74) is 2.93. The molecule has 0 bridgehead atoms. The standard InChI is InChI=1S/C15H19N3O2/c1-18(2)13-8-9-16-15(20-3)14(13)17-10-11-4-6-12(19)7-5-11/h4-9,17,19H,10H2,1-3H3. The average molecular weight is 273 g/mol. The van der Waals surface area contributed by atoms with Gasteiger partial charge in [-0.1, -0.05) is 12.1 Å². The monoisotopic (exact) mass is 273 g/mol. The number of phenolic OH excluding ortho intramolecular Hbond substituents is 1. The lowest BCUT2D eigenvalue weighted by atomic mass is 10.2. The molecule has 2 N–H and O–H groups in total. The lowest BCUT2D eigenvalue weighted by Crippen LogP contribution is -2.13. The Hall–Kier alpha value is -2.43. The number of rotatable bonds is 5. The van der Waals surface area contributed by atoms with Crippen LogP contribution in [0.4, 0.5) is 11.4 Å². The summed E-state index contributed by atoms with van der Waals surface area (Å²) in [5, 5.41) is 12.6. The molecule has 2 rings (SSSR count). The zero-order valence-corrected chi connectivity index (χ0v) is 11.9. The minimum atomic E-state index is 0.265. The molecule has 106 valence electrons. The van der Waals surface area contributed by atoms with E-state index in [0.717, 1.165) is 16.9 Å². The fraction of sp³-hybridized carbons (Fsp3) is 0.267. The summed E-state index contributed by atoms with van der Waals surface area (Å²) in [7, 11) is 5.55. The minimum Gasteiger partial charge on any atom is -0.508 e. The molecule has 0 fully saturated rings. The maximum atomic E-state index is 9.28. The smallest absolute Gasteiger partial charge is 0.239 e. The number of nitrogens with zero attached hydrogens (tertiary/aromatic N) is 2. The van der Waals surface area contributed by atoms with Gasteiger partial charge in [-0.25, -0.2) is 4.98 Å². The predicted octanol–water partition coefficient (Wildman–Crippen LogP) is 2.47. The van der Waals surface area contributed by atoms with Crippen molar-refractivity contribution >= 4 is 11.4 Å². The Morgan fingerprint density at radius 1 is 1.20 bits per heavy atom. The van der Waals surface area contributed by atoms with Crippen molar-refractivity contribution in [2.24, 2.45) is 0 Å². The predicted molar refractivity (Wildman–Crippen MR) is 80.5 cm³/mol. The molecule has 0 atom stereocenters. The first kappa shape index (κ1) is 14.0. The summed E-state index contributed by atoms with van der Waals surface area (Å²) < 4.78 is 5.30. The largest absolute Gasteiger partial charge is 0.508 e. The fourth-order valence-corrected chi connectivity index (χ4v) is 1.93. The van der Waals surface area contributed by atoms with Crippen molar-refractivity contribution in [3.05, 3.63) is 42.1 Å². The third-order valence-corrected chi connectivity index (χ3v) is 2.97. The lowest BCUT2D eigenvalue weighted by molar-refractivity contribution is 0.400. The maximum Gasteiger partial charge on any atom is 0.239 e. The molecule has 20 heavy (non-hydrogen) atoms. The van der Waals surface area contributed by atoms with Crippen LogP contribution in [0.3, 0.4) is 0 Å². The number of hydrogen-bond donors (Lipinski definition) is 2. The molecule has 0 aliphatic rings. The Labute approximate surface area is 118 Å². The molecule has 2 aromatic rings. The van der Waals surface area contributed by atoms with E-state index >= 15 is 0 Å². The zero-order chi connectivity index (χ0) is 14.5. The van der Waals surface area contributed by atoms with Crippen LogP contribution in [0.2, 0.25) is 0 Å². The number of pyridine rings is 1. The number of nitrogens with one attached hydrogen (secondary N) is 1. The van der Waals surface area contributed by atoms with Crippen molar-refractivity contribution < 1.29 is 9.84 Å². The van der Waals surface area contributed by atoms with Crippen LogP contribution in [0.25, 0.3) is 0 Å². The van der Waals surface area contributed by atoms with Crippen molar-refractivity contribution in [3.63, 3.8) is 0 Å². The number of aromatic nitrogens is 1. The van der Waals surface area contributed by atoms with Crippen molar-refractivity contribution in [2.45, 2.75) is 6.54 Å². The number of benzene rings is 1. The van der Waals surface area contributed by atoms with Crippen LogP contribution >= 0.6 is 0 Å². The van der Waals surface area contributed by atoms with Gasteiger partial charge in [0.2, 0.25) is 5.88 Å². The number of ether oxygens (including phenoxy) is 1. The van der Waals surface area contributed by atoms with E-state index in [1.165, 1.54) is 0 Å². The van der Waals surface area contributed by atoms with Gasteiger partial charge in [0.1, 0.15) is 11.4 Å². The Morgan fingerprint density at radius 2 is 1.90 bits per heavy atom. The van der Waals surface area contributed by atoms with Crippen LogP contribution < -0.4 is 15.0 Å². The number of phenols is 1. The van der Waals surface area contributed by atoms with Gasteiger partial charge >= 0.3 is 0 Å². The van der Waals surface area contributed by atoms with E-state index in [9.17, 15) is 5.11 Å². The molecular formula is C15H19N3O2. The lowest BCUT2D eigenvalue weighted by Gasteiger charge is -2.20. The van der Waals surface area contributed by atoms with E-state index in [1.807, 2.05) is 37.2 Å². The second-order valence-electron chi connectivity index (χ2n) is 4.63. The van der Waals surface area contributed by atoms with E-state index < -0.39 is 0 Å². The molecule has 0 spiro atoms. The summed E-state index contributed by atoms with van der Waals surface area (Å²) in [6, 6.07) is 9.03. The SMILES string of the molecule is COc1nccc(N(C)C)c1NCc1ccc(O)cc1. The maximum absolute atomic E-state index is 9.28. The molecule has 0 radical (unpaired) electrons. The van der Waals surface area contributed by atoms with Gasteiger partial charge in [0.15, 0.2) is 0 Å². The fourth-order valence-electron chi connectivity index (χ4n) is 1.93. The van der Waals surface area contributed by atoms with Gasteiger partial charge in [-0.05, 0) is 23.8 Å². The van der Waals surface area contributed by atoms with Crippen molar-refractivity contribution in [3.8, 4) is 11.6 Å². The van der Waals surface area contributed by atoms with Crippen LogP contribution in [0.5, 0.6) is 11.6 Å². The first-order valence-corrected chi connectivity index (χ1v) is 6.34. The van der Waals surface area contributed by atoms with E-state index in [1.54, 1.807) is 25.4 Å². The molecule has 0 unspecified atom stereocenters. The van der Waals surface area contributed by atoms with Crippen molar-refractivity contribution in [2.75, 3.05) is 31.4 Å².